The van der Waals surface area contributed by atoms with Crippen LogP contribution in [-0.4, -0.2) is 0 Å². The molecule has 0 aromatic heterocycles. The first-order valence-electron chi connectivity index (χ1n) is 13.2. The summed E-state index contributed by atoms with van der Waals surface area (Å²) in [7, 11) is 0. The molecule has 0 fully saturated rings. The largest absolute Gasteiger partial charge is 0.356 e. The van der Waals surface area contributed by atoms with Gasteiger partial charge in [0, 0.05) is 22.2 Å². The van der Waals surface area contributed by atoms with Gasteiger partial charge in [0.25, 0.3) is 0 Å². The van der Waals surface area contributed by atoms with Crippen molar-refractivity contribution in [2.75, 3.05) is 5.32 Å². The van der Waals surface area contributed by atoms with Gasteiger partial charge in [-0.15, -0.1) is 0 Å². The molecule has 0 bridgehead atoms. The van der Waals surface area contributed by atoms with Crippen LogP contribution in [0, 0.1) is 0 Å². The number of hydrogen-bond donors (Lipinski definition) is 1. The van der Waals surface area contributed by atoms with Gasteiger partial charge in [0.05, 0.1) is 0 Å². The zero-order valence-electron chi connectivity index (χ0n) is 21.9. The normalized spacial score (nSPS) is 15.5. The molecule has 0 spiro atoms. The molecule has 0 saturated heterocycles. The van der Waals surface area contributed by atoms with Crippen LogP contribution in [0.15, 0.2) is 109 Å². The van der Waals surface area contributed by atoms with Gasteiger partial charge in [0.1, 0.15) is 0 Å². The first-order valence-corrected chi connectivity index (χ1v) is 13.2. The molecule has 7 rings (SSSR count). The summed E-state index contributed by atoms with van der Waals surface area (Å²) in [5, 5.41) is 3.69. The number of benzene rings is 5. The number of nitrogens with one attached hydrogen (secondary N) is 1. The summed E-state index contributed by atoms with van der Waals surface area (Å²) in [6.45, 7) is 9.34. The van der Waals surface area contributed by atoms with E-state index in [0.29, 0.717) is 0 Å². The van der Waals surface area contributed by atoms with Crippen molar-refractivity contribution in [3.05, 3.63) is 131 Å². The first-order chi connectivity index (χ1) is 17.8. The monoisotopic (exact) mass is 477 g/mol. The lowest BCUT2D eigenvalue weighted by molar-refractivity contribution is 0.660. The summed E-state index contributed by atoms with van der Waals surface area (Å²) >= 11 is 0. The standard InChI is InChI=1S/C36H31N/c1-35(2)31-14-7-5-12-27(31)29-18-16-24(21-33(29)35)23-10-9-11-25(20-23)37-26-17-19-30-28-13-6-8-15-32(28)36(3,4)34(30)22-26/h5-22,37H,1-4H3. The summed E-state index contributed by atoms with van der Waals surface area (Å²) in [6, 6.07) is 40.2. The van der Waals surface area contributed by atoms with Crippen LogP contribution in [0.5, 0.6) is 0 Å². The van der Waals surface area contributed by atoms with E-state index in [9.17, 15) is 0 Å². The van der Waals surface area contributed by atoms with Gasteiger partial charge in [0.2, 0.25) is 0 Å². The number of fused-ring (bicyclic) bond motifs is 6. The Bertz CT molecular complexity index is 1700. The van der Waals surface area contributed by atoms with Gasteiger partial charge in [-0.3, -0.25) is 0 Å². The van der Waals surface area contributed by atoms with Crippen molar-refractivity contribution in [3.8, 4) is 33.4 Å². The quantitative estimate of drug-likeness (QED) is 0.273. The highest BCUT2D eigenvalue weighted by atomic mass is 14.9. The van der Waals surface area contributed by atoms with Crippen LogP contribution in [0.4, 0.5) is 11.4 Å². The fraction of sp³-hybridized carbons (Fsp3) is 0.167. The van der Waals surface area contributed by atoms with Crippen molar-refractivity contribution in [3.63, 3.8) is 0 Å². The summed E-state index contributed by atoms with van der Waals surface area (Å²) in [4.78, 5) is 0. The van der Waals surface area contributed by atoms with Gasteiger partial charge in [-0.1, -0.05) is 107 Å². The van der Waals surface area contributed by atoms with E-state index in [2.05, 4.69) is 142 Å². The third kappa shape index (κ3) is 3.23. The summed E-state index contributed by atoms with van der Waals surface area (Å²) in [5.74, 6) is 0. The van der Waals surface area contributed by atoms with Crippen molar-refractivity contribution >= 4 is 11.4 Å². The van der Waals surface area contributed by atoms with E-state index < -0.39 is 0 Å². The minimum Gasteiger partial charge on any atom is -0.356 e. The Hall–Kier alpha value is -4.10. The Morgan fingerprint density at radius 3 is 1.59 bits per heavy atom. The molecule has 0 radical (unpaired) electrons. The lowest BCUT2D eigenvalue weighted by Gasteiger charge is -2.22. The minimum absolute atomic E-state index is 0.000260. The molecule has 0 aliphatic heterocycles. The van der Waals surface area contributed by atoms with Gasteiger partial charge < -0.3 is 5.32 Å². The zero-order valence-corrected chi connectivity index (χ0v) is 21.9. The molecule has 1 N–H and O–H groups in total. The van der Waals surface area contributed by atoms with Gasteiger partial charge >= 0.3 is 0 Å². The molecular weight excluding hydrogens is 446 g/mol. The fourth-order valence-corrected chi connectivity index (χ4v) is 6.61. The van der Waals surface area contributed by atoms with E-state index in [1.165, 1.54) is 55.6 Å². The maximum absolute atomic E-state index is 3.69. The smallest absolute Gasteiger partial charge is 0.0390 e. The van der Waals surface area contributed by atoms with Crippen molar-refractivity contribution in [2.24, 2.45) is 0 Å². The second-order valence-corrected chi connectivity index (χ2v) is 11.6. The summed E-state index contributed by atoms with van der Waals surface area (Å²) in [5.41, 5.74) is 15.8. The van der Waals surface area contributed by atoms with Crippen LogP contribution in [0.25, 0.3) is 33.4 Å². The van der Waals surface area contributed by atoms with Crippen LogP contribution in [0.1, 0.15) is 49.9 Å². The predicted octanol–water partition coefficient (Wildman–Crippen LogP) is 9.71. The van der Waals surface area contributed by atoms with E-state index >= 15 is 0 Å². The Morgan fingerprint density at radius 1 is 0.405 bits per heavy atom. The number of hydrogen-bond acceptors (Lipinski definition) is 1. The van der Waals surface area contributed by atoms with E-state index in [4.69, 9.17) is 0 Å². The van der Waals surface area contributed by atoms with E-state index in [0.717, 1.165) is 11.4 Å². The highest BCUT2D eigenvalue weighted by Gasteiger charge is 2.36. The fourth-order valence-electron chi connectivity index (χ4n) is 6.61. The molecule has 0 unspecified atom stereocenters. The number of anilines is 2. The Morgan fingerprint density at radius 2 is 0.919 bits per heavy atom. The highest BCUT2D eigenvalue weighted by molar-refractivity contribution is 5.85. The van der Waals surface area contributed by atoms with E-state index in [-0.39, 0.29) is 10.8 Å². The van der Waals surface area contributed by atoms with Gasteiger partial charge in [-0.2, -0.15) is 0 Å². The van der Waals surface area contributed by atoms with Crippen LogP contribution in [0.3, 0.4) is 0 Å². The van der Waals surface area contributed by atoms with Crippen molar-refractivity contribution < 1.29 is 0 Å². The average molecular weight is 478 g/mol. The molecule has 0 saturated carbocycles. The predicted molar refractivity (Wildman–Crippen MR) is 157 cm³/mol. The maximum Gasteiger partial charge on any atom is 0.0390 e. The van der Waals surface area contributed by atoms with Crippen molar-refractivity contribution in [1.29, 1.82) is 0 Å². The topological polar surface area (TPSA) is 12.0 Å². The Balaban J connectivity index is 1.22. The van der Waals surface area contributed by atoms with Gasteiger partial charge in [-0.05, 0) is 86.0 Å². The van der Waals surface area contributed by atoms with Crippen LogP contribution >= 0.6 is 0 Å². The SMILES string of the molecule is CC1(C)c2ccccc2-c2ccc(Nc3cccc(-c4ccc5c(c4)C(C)(C)c4ccccc4-5)c3)cc21. The second kappa shape index (κ2) is 7.70. The molecule has 5 aromatic rings. The third-order valence-corrected chi connectivity index (χ3v) is 8.65. The van der Waals surface area contributed by atoms with Crippen LogP contribution in [-0.2, 0) is 10.8 Å². The molecule has 37 heavy (non-hydrogen) atoms. The third-order valence-electron chi connectivity index (χ3n) is 8.65. The summed E-state index contributed by atoms with van der Waals surface area (Å²) in [6.07, 6.45) is 0. The summed E-state index contributed by atoms with van der Waals surface area (Å²) < 4.78 is 0. The zero-order chi connectivity index (χ0) is 25.4. The second-order valence-electron chi connectivity index (χ2n) is 11.6. The Kier molecular flexibility index (Phi) is 4.60. The molecule has 5 aromatic carbocycles. The molecule has 0 atom stereocenters. The number of rotatable bonds is 3. The average Bonchev–Trinajstić information content (AvgIpc) is 3.28. The molecule has 180 valence electrons. The van der Waals surface area contributed by atoms with Crippen molar-refractivity contribution in [1.82, 2.24) is 0 Å². The molecule has 0 amide bonds. The lowest BCUT2D eigenvalue weighted by Crippen LogP contribution is -2.15. The van der Waals surface area contributed by atoms with E-state index in [1.54, 1.807) is 0 Å². The first kappa shape index (κ1) is 22.1. The van der Waals surface area contributed by atoms with E-state index in [1.807, 2.05) is 0 Å². The minimum atomic E-state index is 0.000260. The molecule has 2 aliphatic rings. The van der Waals surface area contributed by atoms with Gasteiger partial charge in [-0.25, -0.2) is 0 Å². The molecule has 0 heterocycles. The van der Waals surface area contributed by atoms with Crippen molar-refractivity contribution in [2.45, 2.75) is 38.5 Å². The Labute approximate surface area is 219 Å². The van der Waals surface area contributed by atoms with Crippen LogP contribution < -0.4 is 5.32 Å². The molecule has 1 nitrogen and oxygen atoms in total. The van der Waals surface area contributed by atoms with Crippen LogP contribution in [0.2, 0.25) is 0 Å². The lowest BCUT2D eigenvalue weighted by atomic mass is 9.81. The van der Waals surface area contributed by atoms with Gasteiger partial charge in [0.15, 0.2) is 0 Å². The highest BCUT2D eigenvalue weighted by Crippen LogP contribution is 2.50. The molecular formula is C36H31N. The molecule has 2 aliphatic carbocycles. The maximum atomic E-state index is 3.69. The molecule has 1 heteroatoms.